The molecule has 9 heteroatoms. The van der Waals surface area contributed by atoms with Gasteiger partial charge in [-0.2, -0.15) is 8.78 Å². The smallest absolute Gasteiger partial charge is 0.387 e. The fraction of sp³-hybridized carbons (Fsp3) is 0.385. The van der Waals surface area contributed by atoms with Gasteiger partial charge in [0, 0.05) is 13.0 Å². The maximum absolute atomic E-state index is 12.4. The van der Waals surface area contributed by atoms with Crippen molar-refractivity contribution >= 4 is 30.0 Å². The Labute approximate surface area is 132 Å². The molecule has 1 rings (SSSR count). The van der Waals surface area contributed by atoms with Crippen molar-refractivity contribution < 1.29 is 27.8 Å². The molecule has 0 saturated heterocycles. The van der Waals surface area contributed by atoms with E-state index in [2.05, 4.69) is 20.1 Å². The average molecular weight is 339 g/mol. The van der Waals surface area contributed by atoms with Gasteiger partial charge in [0.15, 0.2) is 0 Å². The maximum atomic E-state index is 12.4. The van der Waals surface area contributed by atoms with Gasteiger partial charge in [-0.1, -0.05) is 0 Å². The van der Waals surface area contributed by atoms with Crippen LogP contribution >= 0.6 is 12.4 Å². The Kier molecular flexibility index (Phi) is 9.04. The average Bonchev–Trinajstić information content (AvgIpc) is 2.45. The molecule has 0 saturated carbocycles. The van der Waals surface area contributed by atoms with Gasteiger partial charge in [-0.05, 0) is 25.2 Å². The lowest BCUT2D eigenvalue weighted by molar-refractivity contribution is -0.116. The molecular weight excluding hydrogens is 322 g/mol. The molecule has 0 fully saturated rings. The van der Waals surface area contributed by atoms with Crippen LogP contribution in [0.25, 0.3) is 0 Å². The lowest BCUT2D eigenvalue weighted by Gasteiger charge is -2.13. The van der Waals surface area contributed by atoms with Crippen LogP contribution in [-0.2, 0) is 9.53 Å². The van der Waals surface area contributed by atoms with E-state index in [1.807, 2.05) is 0 Å². The number of ether oxygens (including phenoxy) is 2. The predicted molar refractivity (Wildman–Crippen MR) is 78.8 cm³/mol. The number of anilines is 1. The molecule has 6 nitrogen and oxygen atoms in total. The third kappa shape index (κ3) is 6.23. The summed E-state index contributed by atoms with van der Waals surface area (Å²) in [6.07, 6.45) is 0.170. The second-order valence-corrected chi connectivity index (χ2v) is 3.98. The number of carbonyl (C=O) groups excluding carboxylic acids is 2. The van der Waals surface area contributed by atoms with Gasteiger partial charge in [-0.15, -0.1) is 12.4 Å². The van der Waals surface area contributed by atoms with Crippen molar-refractivity contribution in [2.75, 3.05) is 26.0 Å². The molecule has 0 unspecified atom stereocenters. The van der Waals surface area contributed by atoms with Crippen LogP contribution in [0.1, 0.15) is 16.8 Å². The monoisotopic (exact) mass is 338 g/mol. The summed E-state index contributed by atoms with van der Waals surface area (Å²) in [6, 6.07) is 3.74. The number of hydrogen-bond acceptors (Lipinski definition) is 5. The molecule has 0 spiro atoms. The molecule has 0 bridgehead atoms. The second-order valence-electron chi connectivity index (χ2n) is 3.98. The second kappa shape index (κ2) is 9.91. The zero-order valence-corrected chi connectivity index (χ0v) is 12.8. The molecule has 0 radical (unpaired) electrons. The van der Waals surface area contributed by atoms with Gasteiger partial charge in [0.05, 0.1) is 18.4 Å². The highest BCUT2D eigenvalue weighted by molar-refractivity contribution is 5.95. The molecule has 1 aromatic carbocycles. The van der Waals surface area contributed by atoms with Crippen LogP contribution in [0, 0.1) is 0 Å². The highest BCUT2D eigenvalue weighted by Gasteiger charge is 2.15. The zero-order valence-electron chi connectivity index (χ0n) is 12.0. The Morgan fingerprint density at radius 3 is 2.55 bits per heavy atom. The first-order chi connectivity index (χ1) is 9.97. The maximum Gasteiger partial charge on any atom is 0.387 e. The standard InChI is InChI=1S/C13H16F2N2O4.ClH/c1-16-6-5-11(18)17-9-4-3-8(12(19)20-2)7-10(9)21-13(14)15;/h3-4,7,13,16H,5-6H2,1-2H3,(H,17,18);1H. The number of rotatable bonds is 7. The van der Waals surface area contributed by atoms with Crippen molar-refractivity contribution in [3.05, 3.63) is 23.8 Å². The van der Waals surface area contributed by atoms with Crippen molar-refractivity contribution in [3.8, 4) is 5.75 Å². The Balaban J connectivity index is 0.00000441. The number of amides is 1. The fourth-order valence-electron chi connectivity index (χ4n) is 1.52. The van der Waals surface area contributed by atoms with Gasteiger partial charge in [-0.25, -0.2) is 4.79 Å². The summed E-state index contributed by atoms with van der Waals surface area (Å²) >= 11 is 0. The SMILES string of the molecule is CNCCC(=O)Nc1ccc(C(=O)OC)cc1OC(F)F.Cl. The number of halogens is 3. The highest BCUT2D eigenvalue weighted by Crippen LogP contribution is 2.28. The van der Waals surface area contributed by atoms with E-state index in [9.17, 15) is 18.4 Å². The Hall–Kier alpha value is -1.93. The largest absolute Gasteiger partial charge is 0.465 e. The normalized spacial score (nSPS) is 9.86. The Bertz CT molecular complexity index is 515. The third-order valence-corrected chi connectivity index (χ3v) is 2.49. The minimum absolute atomic E-state index is 0. The molecule has 0 aromatic heterocycles. The first-order valence-electron chi connectivity index (χ1n) is 6.09. The van der Waals surface area contributed by atoms with Gasteiger partial charge in [0.2, 0.25) is 5.91 Å². The summed E-state index contributed by atoms with van der Waals surface area (Å²) in [5.41, 5.74) is 0.102. The van der Waals surface area contributed by atoms with Crippen LogP contribution in [0.15, 0.2) is 18.2 Å². The number of nitrogens with one attached hydrogen (secondary N) is 2. The summed E-state index contributed by atoms with van der Waals surface area (Å²) in [6.45, 7) is -2.64. The van der Waals surface area contributed by atoms with Crippen LogP contribution in [0.5, 0.6) is 5.75 Å². The van der Waals surface area contributed by atoms with E-state index in [0.29, 0.717) is 6.54 Å². The first-order valence-corrected chi connectivity index (χ1v) is 6.09. The molecule has 2 N–H and O–H groups in total. The number of hydrogen-bond donors (Lipinski definition) is 2. The van der Waals surface area contributed by atoms with Crippen molar-refractivity contribution in [1.29, 1.82) is 0 Å². The van der Waals surface area contributed by atoms with E-state index < -0.39 is 12.6 Å². The first kappa shape index (κ1) is 20.1. The van der Waals surface area contributed by atoms with Gasteiger partial charge in [0.25, 0.3) is 0 Å². The number of alkyl halides is 2. The zero-order chi connectivity index (χ0) is 15.8. The summed E-state index contributed by atoms with van der Waals surface area (Å²) in [5, 5.41) is 5.24. The molecule has 124 valence electrons. The van der Waals surface area contributed by atoms with Gasteiger partial charge < -0.3 is 20.1 Å². The van der Waals surface area contributed by atoms with Crippen LogP contribution in [-0.4, -0.2) is 39.2 Å². The predicted octanol–water partition coefficient (Wildman–Crippen LogP) is 2.04. The summed E-state index contributed by atoms with van der Waals surface area (Å²) in [5.74, 6) is -1.36. The van der Waals surface area contributed by atoms with Crippen LogP contribution in [0.3, 0.4) is 0 Å². The van der Waals surface area contributed by atoms with E-state index in [-0.39, 0.29) is 41.7 Å². The number of benzene rings is 1. The molecule has 0 aliphatic heterocycles. The van der Waals surface area contributed by atoms with E-state index in [1.165, 1.54) is 19.2 Å². The molecule has 0 aliphatic carbocycles. The topological polar surface area (TPSA) is 76.7 Å². The van der Waals surface area contributed by atoms with Crippen molar-refractivity contribution in [2.24, 2.45) is 0 Å². The number of carbonyl (C=O) groups is 2. The minimum atomic E-state index is -3.08. The Morgan fingerprint density at radius 2 is 2.00 bits per heavy atom. The number of esters is 1. The molecule has 0 heterocycles. The molecular formula is C13H17ClF2N2O4. The molecule has 0 aliphatic rings. The van der Waals surface area contributed by atoms with Gasteiger partial charge >= 0.3 is 12.6 Å². The number of methoxy groups -OCH3 is 1. The summed E-state index contributed by atoms with van der Waals surface area (Å²) < 4.78 is 33.6. The van der Waals surface area contributed by atoms with Gasteiger partial charge in [-0.3, -0.25) is 4.79 Å². The summed E-state index contributed by atoms with van der Waals surface area (Å²) in [7, 11) is 2.85. The molecule has 22 heavy (non-hydrogen) atoms. The van der Waals surface area contributed by atoms with Crippen molar-refractivity contribution in [1.82, 2.24) is 5.32 Å². The van der Waals surface area contributed by atoms with E-state index in [0.717, 1.165) is 6.07 Å². The quantitative estimate of drug-likeness (QED) is 0.744. The minimum Gasteiger partial charge on any atom is -0.465 e. The molecule has 1 aromatic rings. The van der Waals surface area contributed by atoms with Crippen molar-refractivity contribution in [2.45, 2.75) is 13.0 Å². The highest BCUT2D eigenvalue weighted by atomic mass is 35.5. The van der Waals surface area contributed by atoms with E-state index in [1.54, 1.807) is 7.05 Å². The Morgan fingerprint density at radius 1 is 1.32 bits per heavy atom. The molecule has 0 atom stereocenters. The summed E-state index contributed by atoms with van der Waals surface area (Å²) in [4.78, 5) is 23.0. The lowest BCUT2D eigenvalue weighted by atomic mass is 10.2. The third-order valence-electron chi connectivity index (χ3n) is 2.49. The van der Waals surface area contributed by atoms with Crippen LogP contribution in [0.4, 0.5) is 14.5 Å². The van der Waals surface area contributed by atoms with Crippen molar-refractivity contribution in [3.63, 3.8) is 0 Å². The van der Waals surface area contributed by atoms with Crippen LogP contribution < -0.4 is 15.4 Å². The molecule has 1 amide bonds. The van der Waals surface area contributed by atoms with E-state index in [4.69, 9.17) is 0 Å². The van der Waals surface area contributed by atoms with Crippen LogP contribution in [0.2, 0.25) is 0 Å². The van der Waals surface area contributed by atoms with E-state index >= 15 is 0 Å². The van der Waals surface area contributed by atoms with Gasteiger partial charge in [0.1, 0.15) is 5.75 Å². The fourth-order valence-corrected chi connectivity index (χ4v) is 1.52. The lowest BCUT2D eigenvalue weighted by Crippen LogP contribution is -2.19.